The van der Waals surface area contributed by atoms with Gasteiger partial charge in [0.1, 0.15) is 11.9 Å². The summed E-state index contributed by atoms with van der Waals surface area (Å²) < 4.78 is 12.5. The average molecular weight is 150 g/mol. The first-order valence-corrected chi connectivity index (χ1v) is 3.15. The van der Waals surface area contributed by atoms with Crippen LogP contribution in [0.4, 0.5) is 10.1 Å². The van der Waals surface area contributed by atoms with Gasteiger partial charge in [0.05, 0.1) is 11.3 Å². The summed E-state index contributed by atoms with van der Waals surface area (Å²) in [6, 6.07) is 5.94. The van der Waals surface area contributed by atoms with Gasteiger partial charge in [0.25, 0.3) is 0 Å². The van der Waals surface area contributed by atoms with E-state index in [1.807, 2.05) is 6.07 Å². The molecule has 0 amide bonds. The molecule has 0 spiro atoms. The van der Waals surface area contributed by atoms with Gasteiger partial charge in [-0.1, -0.05) is 0 Å². The van der Waals surface area contributed by atoms with Crippen molar-refractivity contribution in [1.29, 1.82) is 5.26 Å². The molecule has 1 rings (SSSR count). The molecular weight excluding hydrogens is 143 g/mol. The third kappa shape index (κ3) is 1.47. The molecule has 1 N–H and O–H groups in total. The summed E-state index contributed by atoms with van der Waals surface area (Å²) in [5.74, 6) is -0.339. The van der Waals surface area contributed by atoms with Gasteiger partial charge in [0.2, 0.25) is 0 Å². The van der Waals surface area contributed by atoms with Gasteiger partial charge < -0.3 is 5.32 Å². The topological polar surface area (TPSA) is 35.8 Å². The van der Waals surface area contributed by atoms with Gasteiger partial charge in [0.15, 0.2) is 0 Å². The standard InChI is InChI=1S/C8H7FN2/c1-11-8-4-7(9)3-2-6(8)5-10/h2-4,11H,1H3. The molecule has 0 aromatic heterocycles. The smallest absolute Gasteiger partial charge is 0.125 e. The van der Waals surface area contributed by atoms with Crippen molar-refractivity contribution in [2.45, 2.75) is 0 Å². The number of halogens is 1. The lowest BCUT2D eigenvalue weighted by molar-refractivity contribution is 0.628. The van der Waals surface area contributed by atoms with E-state index in [0.29, 0.717) is 11.3 Å². The van der Waals surface area contributed by atoms with Crippen molar-refractivity contribution in [2.24, 2.45) is 0 Å². The number of nitrogens with one attached hydrogen (secondary N) is 1. The Morgan fingerprint density at radius 2 is 2.27 bits per heavy atom. The van der Waals surface area contributed by atoms with Crippen LogP contribution in [-0.2, 0) is 0 Å². The molecule has 0 fully saturated rings. The number of nitriles is 1. The molecule has 3 heteroatoms. The zero-order chi connectivity index (χ0) is 8.27. The maximum absolute atomic E-state index is 12.5. The van der Waals surface area contributed by atoms with E-state index in [1.54, 1.807) is 7.05 Å². The lowest BCUT2D eigenvalue weighted by Gasteiger charge is -2.00. The summed E-state index contributed by atoms with van der Waals surface area (Å²) in [6.45, 7) is 0. The molecule has 0 unspecified atom stereocenters. The summed E-state index contributed by atoms with van der Waals surface area (Å²) in [6.07, 6.45) is 0. The van der Waals surface area contributed by atoms with Crippen LogP contribution in [0.3, 0.4) is 0 Å². The Balaban J connectivity index is 3.19. The van der Waals surface area contributed by atoms with Gasteiger partial charge in [-0.25, -0.2) is 4.39 Å². The van der Waals surface area contributed by atoms with E-state index < -0.39 is 0 Å². The first kappa shape index (κ1) is 7.55. The van der Waals surface area contributed by atoms with Crippen LogP contribution in [0.2, 0.25) is 0 Å². The van der Waals surface area contributed by atoms with Crippen molar-refractivity contribution < 1.29 is 4.39 Å². The van der Waals surface area contributed by atoms with Gasteiger partial charge in [-0.3, -0.25) is 0 Å². The molecule has 0 aliphatic carbocycles. The third-order valence-corrected chi connectivity index (χ3v) is 1.37. The van der Waals surface area contributed by atoms with Crippen LogP contribution in [0.25, 0.3) is 0 Å². The summed E-state index contributed by atoms with van der Waals surface area (Å²) >= 11 is 0. The monoisotopic (exact) mass is 150 g/mol. The molecule has 0 atom stereocenters. The minimum absolute atomic E-state index is 0.339. The predicted octanol–water partition coefficient (Wildman–Crippen LogP) is 1.74. The molecule has 56 valence electrons. The van der Waals surface area contributed by atoms with E-state index in [0.717, 1.165) is 0 Å². The SMILES string of the molecule is CNc1cc(F)ccc1C#N. The van der Waals surface area contributed by atoms with Gasteiger partial charge in [-0.05, 0) is 18.2 Å². The number of hydrogen-bond acceptors (Lipinski definition) is 2. The van der Waals surface area contributed by atoms with Crippen LogP contribution in [0, 0.1) is 17.1 Å². The lowest BCUT2D eigenvalue weighted by atomic mass is 10.2. The van der Waals surface area contributed by atoms with Gasteiger partial charge in [-0.15, -0.1) is 0 Å². The molecule has 0 bridgehead atoms. The van der Waals surface area contributed by atoms with Crippen molar-refractivity contribution in [3.8, 4) is 6.07 Å². The second-order valence-corrected chi connectivity index (χ2v) is 2.05. The Bertz CT molecular complexity index is 301. The van der Waals surface area contributed by atoms with E-state index in [4.69, 9.17) is 5.26 Å². The molecule has 0 saturated carbocycles. The number of rotatable bonds is 1. The van der Waals surface area contributed by atoms with E-state index in [-0.39, 0.29) is 5.82 Å². The van der Waals surface area contributed by atoms with Gasteiger partial charge in [-0.2, -0.15) is 5.26 Å². The molecule has 1 aromatic carbocycles. The third-order valence-electron chi connectivity index (χ3n) is 1.37. The van der Waals surface area contributed by atoms with Crippen LogP contribution >= 0.6 is 0 Å². The van der Waals surface area contributed by atoms with Crippen molar-refractivity contribution in [3.63, 3.8) is 0 Å². The Morgan fingerprint density at radius 3 is 2.82 bits per heavy atom. The lowest BCUT2D eigenvalue weighted by Crippen LogP contribution is -1.92. The molecule has 1 aromatic rings. The van der Waals surface area contributed by atoms with Crippen molar-refractivity contribution in [2.75, 3.05) is 12.4 Å². The second-order valence-electron chi connectivity index (χ2n) is 2.05. The zero-order valence-corrected chi connectivity index (χ0v) is 6.06. The second kappa shape index (κ2) is 3.02. The molecular formula is C8H7FN2. The van der Waals surface area contributed by atoms with Crippen molar-refractivity contribution in [1.82, 2.24) is 0 Å². The number of benzene rings is 1. The highest BCUT2D eigenvalue weighted by Gasteiger charge is 1.99. The van der Waals surface area contributed by atoms with Crippen LogP contribution in [0.5, 0.6) is 0 Å². The highest BCUT2D eigenvalue weighted by atomic mass is 19.1. The van der Waals surface area contributed by atoms with E-state index >= 15 is 0 Å². The maximum atomic E-state index is 12.5. The zero-order valence-electron chi connectivity index (χ0n) is 6.06. The molecule has 0 aliphatic heterocycles. The highest BCUT2D eigenvalue weighted by molar-refractivity contribution is 5.56. The number of hydrogen-bond donors (Lipinski definition) is 1. The van der Waals surface area contributed by atoms with Crippen LogP contribution in [-0.4, -0.2) is 7.05 Å². The molecule has 0 radical (unpaired) electrons. The Labute approximate surface area is 64.3 Å². The number of anilines is 1. The first-order valence-electron chi connectivity index (χ1n) is 3.15. The fourth-order valence-corrected chi connectivity index (χ4v) is 0.821. The summed E-state index contributed by atoms with van der Waals surface area (Å²) in [5.41, 5.74) is 0.974. The van der Waals surface area contributed by atoms with E-state index in [2.05, 4.69) is 5.32 Å². The normalized spacial score (nSPS) is 8.82. The molecule has 11 heavy (non-hydrogen) atoms. The molecule has 0 heterocycles. The van der Waals surface area contributed by atoms with E-state index in [1.165, 1.54) is 18.2 Å². The van der Waals surface area contributed by atoms with Gasteiger partial charge >= 0.3 is 0 Å². The fourth-order valence-electron chi connectivity index (χ4n) is 0.821. The minimum atomic E-state index is -0.339. The fraction of sp³-hybridized carbons (Fsp3) is 0.125. The summed E-state index contributed by atoms with van der Waals surface area (Å²) in [4.78, 5) is 0. The van der Waals surface area contributed by atoms with Crippen LogP contribution in [0.1, 0.15) is 5.56 Å². The summed E-state index contributed by atoms with van der Waals surface area (Å²) in [5, 5.41) is 11.3. The number of nitrogens with zero attached hydrogens (tertiary/aromatic N) is 1. The van der Waals surface area contributed by atoms with Crippen LogP contribution in [0.15, 0.2) is 18.2 Å². The van der Waals surface area contributed by atoms with Crippen molar-refractivity contribution >= 4 is 5.69 Å². The average Bonchev–Trinajstić information content (AvgIpc) is 2.04. The largest absolute Gasteiger partial charge is 0.387 e. The molecule has 2 nitrogen and oxygen atoms in total. The molecule has 0 saturated heterocycles. The highest BCUT2D eigenvalue weighted by Crippen LogP contribution is 2.14. The van der Waals surface area contributed by atoms with Crippen molar-refractivity contribution in [3.05, 3.63) is 29.6 Å². The van der Waals surface area contributed by atoms with Crippen LogP contribution < -0.4 is 5.32 Å². The Hall–Kier alpha value is -1.56. The van der Waals surface area contributed by atoms with E-state index in [9.17, 15) is 4.39 Å². The minimum Gasteiger partial charge on any atom is -0.387 e. The quantitative estimate of drug-likeness (QED) is 0.661. The molecule has 0 aliphatic rings. The maximum Gasteiger partial charge on any atom is 0.125 e. The van der Waals surface area contributed by atoms with Gasteiger partial charge in [0, 0.05) is 7.05 Å². The summed E-state index contributed by atoms with van der Waals surface area (Å²) in [7, 11) is 1.65. The Kier molecular flexibility index (Phi) is 2.07. The predicted molar refractivity (Wildman–Crippen MR) is 40.7 cm³/mol. The first-order chi connectivity index (χ1) is 5.27. The Morgan fingerprint density at radius 1 is 1.55 bits per heavy atom.